The Morgan fingerprint density at radius 2 is 2.39 bits per heavy atom. The number of hydrogen-bond donors (Lipinski definition) is 1. The van der Waals surface area contributed by atoms with Gasteiger partial charge in [-0.2, -0.15) is 0 Å². The molecular weight excluding hydrogens is 230 g/mol. The number of nitrogens with zero attached hydrogens (tertiary/aromatic N) is 4. The first-order valence-corrected chi connectivity index (χ1v) is 6.34. The second-order valence-corrected chi connectivity index (χ2v) is 4.87. The molecule has 6 nitrogen and oxygen atoms in total. The zero-order valence-corrected chi connectivity index (χ0v) is 10.2. The molecule has 1 aliphatic carbocycles. The molecule has 3 rings (SSSR count). The second-order valence-electron chi connectivity index (χ2n) is 4.87. The molecule has 1 amide bonds. The Kier molecular flexibility index (Phi) is 2.87. The van der Waals surface area contributed by atoms with Crippen LogP contribution in [0.3, 0.4) is 0 Å². The van der Waals surface area contributed by atoms with Crippen molar-refractivity contribution in [3.05, 3.63) is 24.5 Å². The minimum absolute atomic E-state index is 0.0315. The van der Waals surface area contributed by atoms with E-state index in [9.17, 15) is 4.79 Å². The maximum Gasteiger partial charge on any atom is 0.276 e. The molecule has 1 aliphatic heterocycles. The van der Waals surface area contributed by atoms with Gasteiger partial charge in [0.1, 0.15) is 0 Å². The van der Waals surface area contributed by atoms with E-state index in [1.54, 1.807) is 17.0 Å². The largest absolute Gasteiger partial charge is 0.331 e. The molecule has 0 aromatic carbocycles. The highest BCUT2D eigenvalue weighted by Crippen LogP contribution is 2.27. The first-order chi connectivity index (χ1) is 8.79. The fraction of sp³-hybridized carbons (Fsp3) is 0.583. The summed E-state index contributed by atoms with van der Waals surface area (Å²) >= 11 is 0. The Hall–Kier alpha value is -1.69. The van der Waals surface area contributed by atoms with Gasteiger partial charge >= 0.3 is 0 Å². The van der Waals surface area contributed by atoms with Crippen LogP contribution in [0, 0.1) is 0 Å². The molecule has 1 N–H and O–H groups in total. The second kappa shape index (κ2) is 4.53. The Bertz CT molecular complexity index is 461. The van der Waals surface area contributed by atoms with Crippen LogP contribution in [-0.2, 0) is 0 Å². The number of aromatic nitrogens is 3. The van der Waals surface area contributed by atoms with E-state index < -0.39 is 0 Å². The van der Waals surface area contributed by atoms with Gasteiger partial charge in [0.2, 0.25) is 0 Å². The van der Waals surface area contributed by atoms with E-state index in [2.05, 4.69) is 22.2 Å². The maximum atomic E-state index is 12.3. The van der Waals surface area contributed by atoms with Gasteiger partial charge in [0, 0.05) is 25.7 Å². The van der Waals surface area contributed by atoms with Crippen LogP contribution in [0.25, 0.3) is 0 Å². The van der Waals surface area contributed by atoms with Crippen molar-refractivity contribution < 1.29 is 4.79 Å². The number of carbonyl (C=O) groups is 1. The number of hydrogen-bond acceptors (Lipinski definition) is 4. The van der Waals surface area contributed by atoms with Gasteiger partial charge < -0.3 is 10.2 Å². The zero-order valence-electron chi connectivity index (χ0n) is 10.2. The SMILES string of the molecule is C=CCN(C(=O)c1cn(C2CNC2)nn1)C1CC1. The third kappa shape index (κ3) is 2.03. The Morgan fingerprint density at radius 1 is 1.61 bits per heavy atom. The molecule has 0 bridgehead atoms. The van der Waals surface area contributed by atoms with Crippen molar-refractivity contribution in [3.8, 4) is 0 Å². The number of carbonyl (C=O) groups excluding carboxylic acids is 1. The lowest BCUT2D eigenvalue weighted by Crippen LogP contribution is -2.43. The van der Waals surface area contributed by atoms with Crippen molar-refractivity contribution in [2.24, 2.45) is 0 Å². The van der Waals surface area contributed by atoms with E-state index in [4.69, 9.17) is 0 Å². The third-order valence-corrected chi connectivity index (χ3v) is 3.44. The van der Waals surface area contributed by atoms with Crippen LogP contribution in [0.4, 0.5) is 0 Å². The summed E-state index contributed by atoms with van der Waals surface area (Å²) in [5.74, 6) is -0.0315. The minimum atomic E-state index is -0.0315. The van der Waals surface area contributed by atoms with Crippen LogP contribution >= 0.6 is 0 Å². The Labute approximate surface area is 106 Å². The van der Waals surface area contributed by atoms with Gasteiger partial charge in [-0.3, -0.25) is 4.79 Å². The van der Waals surface area contributed by atoms with Crippen molar-refractivity contribution >= 4 is 5.91 Å². The monoisotopic (exact) mass is 247 g/mol. The number of nitrogens with one attached hydrogen (secondary N) is 1. The number of rotatable bonds is 5. The highest BCUT2D eigenvalue weighted by Gasteiger charge is 2.33. The first-order valence-electron chi connectivity index (χ1n) is 6.34. The average Bonchev–Trinajstić information content (AvgIpc) is 3.03. The lowest BCUT2D eigenvalue weighted by Gasteiger charge is -2.26. The molecule has 96 valence electrons. The summed E-state index contributed by atoms with van der Waals surface area (Å²) in [5.41, 5.74) is 0.440. The van der Waals surface area contributed by atoms with Crippen molar-refractivity contribution in [2.75, 3.05) is 19.6 Å². The first kappa shape index (κ1) is 11.4. The van der Waals surface area contributed by atoms with Gasteiger partial charge in [-0.1, -0.05) is 11.3 Å². The normalized spacial score (nSPS) is 19.3. The van der Waals surface area contributed by atoms with Crippen molar-refractivity contribution in [3.63, 3.8) is 0 Å². The fourth-order valence-corrected chi connectivity index (χ4v) is 2.08. The van der Waals surface area contributed by atoms with Crippen molar-refractivity contribution in [1.29, 1.82) is 0 Å². The molecule has 1 saturated carbocycles. The fourth-order valence-electron chi connectivity index (χ4n) is 2.08. The quantitative estimate of drug-likeness (QED) is 0.756. The highest BCUT2D eigenvalue weighted by atomic mass is 16.2. The molecule has 0 spiro atoms. The smallest absolute Gasteiger partial charge is 0.276 e. The molecule has 1 saturated heterocycles. The summed E-state index contributed by atoms with van der Waals surface area (Å²) in [6, 6.07) is 0.707. The highest BCUT2D eigenvalue weighted by molar-refractivity contribution is 5.92. The molecule has 18 heavy (non-hydrogen) atoms. The van der Waals surface area contributed by atoms with Gasteiger partial charge in [0.15, 0.2) is 5.69 Å². The van der Waals surface area contributed by atoms with E-state index in [0.29, 0.717) is 24.3 Å². The van der Waals surface area contributed by atoms with E-state index in [0.717, 1.165) is 25.9 Å². The van der Waals surface area contributed by atoms with Crippen LogP contribution in [-0.4, -0.2) is 51.5 Å². The molecule has 0 atom stereocenters. The van der Waals surface area contributed by atoms with Crippen molar-refractivity contribution in [1.82, 2.24) is 25.2 Å². The van der Waals surface area contributed by atoms with Gasteiger partial charge in [-0.15, -0.1) is 11.7 Å². The van der Waals surface area contributed by atoms with E-state index >= 15 is 0 Å². The lowest BCUT2D eigenvalue weighted by molar-refractivity contribution is 0.0756. The average molecular weight is 247 g/mol. The topological polar surface area (TPSA) is 63.1 Å². The van der Waals surface area contributed by atoms with Crippen LogP contribution < -0.4 is 5.32 Å². The van der Waals surface area contributed by atoms with E-state index in [1.165, 1.54) is 0 Å². The summed E-state index contributed by atoms with van der Waals surface area (Å²) in [4.78, 5) is 14.1. The molecule has 2 fully saturated rings. The zero-order chi connectivity index (χ0) is 12.5. The summed E-state index contributed by atoms with van der Waals surface area (Å²) in [7, 11) is 0. The summed E-state index contributed by atoms with van der Waals surface area (Å²) in [6.07, 6.45) is 5.68. The van der Waals surface area contributed by atoms with Gasteiger partial charge in [-0.05, 0) is 12.8 Å². The van der Waals surface area contributed by atoms with Gasteiger partial charge in [0.05, 0.1) is 12.2 Å². The maximum absolute atomic E-state index is 12.3. The molecular formula is C12H17N5O. The molecule has 0 radical (unpaired) electrons. The van der Waals surface area contributed by atoms with Crippen LogP contribution in [0.15, 0.2) is 18.9 Å². The van der Waals surface area contributed by atoms with E-state index in [-0.39, 0.29) is 5.91 Å². The Morgan fingerprint density at radius 3 is 2.94 bits per heavy atom. The molecule has 2 heterocycles. The minimum Gasteiger partial charge on any atom is -0.331 e. The summed E-state index contributed by atoms with van der Waals surface area (Å²) in [6.45, 7) is 6.08. The predicted molar refractivity (Wildman–Crippen MR) is 66.2 cm³/mol. The molecule has 6 heteroatoms. The van der Waals surface area contributed by atoms with E-state index in [1.807, 2.05) is 4.90 Å². The molecule has 1 aromatic heterocycles. The Balaban J connectivity index is 1.73. The standard InChI is InChI=1S/C12H17N5O/c1-2-5-16(9-3-4-9)12(18)11-8-17(15-14-11)10-6-13-7-10/h2,8-10,13H,1,3-7H2. The summed E-state index contributed by atoms with van der Waals surface area (Å²) < 4.78 is 1.78. The predicted octanol–water partition coefficient (Wildman–Crippen LogP) is 0.213. The van der Waals surface area contributed by atoms with Crippen LogP contribution in [0.5, 0.6) is 0 Å². The van der Waals surface area contributed by atoms with Crippen LogP contribution in [0.1, 0.15) is 29.4 Å². The molecule has 0 unspecified atom stereocenters. The van der Waals surface area contributed by atoms with Crippen molar-refractivity contribution in [2.45, 2.75) is 24.9 Å². The van der Waals surface area contributed by atoms with Crippen LogP contribution in [0.2, 0.25) is 0 Å². The molecule has 1 aromatic rings. The third-order valence-electron chi connectivity index (χ3n) is 3.44. The lowest BCUT2D eigenvalue weighted by atomic mass is 10.2. The molecule has 2 aliphatic rings. The van der Waals surface area contributed by atoms with Gasteiger partial charge in [-0.25, -0.2) is 4.68 Å². The van der Waals surface area contributed by atoms with Gasteiger partial charge in [0.25, 0.3) is 5.91 Å². The summed E-state index contributed by atoms with van der Waals surface area (Å²) in [5, 5.41) is 11.2. The number of amides is 1.